The normalized spacial score (nSPS) is 11.6. The zero-order valence-electron chi connectivity index (χ0n) is 14.4. The predicted molar refractivity (Wildman–Crippen MR) is 103 cm³/mol. The molecule has 3 rings (SSSR count). The van der Waals surface area contributed by atoms with E-state index >= 15 is 0 Å². The molecule has 0 N–H and O–H groups in total. The summed E-state index contributed by atoms with van der Waals surface area (Å²) in [6, 6.07) is 14.4. The fourth-order valence-corrected chi connectivity index (χ4v) is 4.92. The molecule has 0 saturated carbocycles. The molecule has 0 atom stereocenters. The fraction of sp³-hybridized carbons (Fsp3) is 0.211. The van der Waals surface area contributed by atoms with Crippen molar-refractivity contribution in [1.82, 2.24) is 9.29 Å². The smallest absolute Gasteiger partial charge is 0.247 e. The van der Waals surface area contributed by atoms with Gasteiger partial charge in [0, 0.05) is 30.4 Å². The van der Waals surface area contributed by atoms with Crippen LogP contribution in [0.1, 0.15) is 10.4 Å². The minimum absolute atomic E-state index is 0.178. The Labute approximate surface area is 157 Å². The molecular formula is C19H20N2O3S2. The molecular weight excluding hydrogens is 368 g/mol. The van der Waals surface area contributed by atoms with Crippen molar-refractivity contribution in [1.29, 1.82) is 0 Å². The van der Waals surface area contributed by atoms with E-state index in [1.807, 2.05) is 29.6 Å². The molecule has 136 valence electrons. The van der Waals surface area contributed by atoms with Crippen LogP contribution in [0.4, 0.5) is 0 Å². The molecule has 7 heteroatoms. The first-order chi connectivity index (χ1) is 12.6. The number of rotatable bonds is 8. The lowest BCUT2D eigenvalue weighted by Crippen LogP contribution is -2.32. The Hall–Kier alpha value is -2.22. The number of aromatic nitrogens is 1. The van der Waals surface area contributed by atoms with Crippen LogP contribution < -0.4 is 4.74 Å². The van der Waals surface area contributed by atoms with E-state index in [4.69, 9.17) is 4.74 Å². The minimum atomic E-state index is -3.71. The van der Waals surface area contributed by atoms with Gasteiger partial charge in [-0.2, -0.15) is 4.31 Å². The Morgan fingerprint density at radius 2 is 1.96 bits per heavy atom. The quantitative estimate of drug-likeness (QED) is 0.592. The topological polar surface area (TPSA) is 59.5 Å². The van der Waals surface area contributed by atoms with Crippen molar-refractivity contribution in [3.05, 3.63) is 76.7 Å². The summed E-state index contributed by atoms with van der Waals surface area (Å²) in [4.78, 5) is 5.42. The monoisotopic (exact) mass is 388 g/mol. The predicted octanol–water partition coefficient (Wildman–Crippen LogP) is 3.59. The third-order valence-electron chi connectivity index (χ3n) is 3.96. The van der Waals surface area contributed by atoms with Crippen LogP contribution in [0.2, 0.25) is 0 Å². The average Bonchev–Trinajstić information content (AvgIpc) is 3.19. The molecule has 2 aromatic heterocycles. The first kappa shape index (κ1) is 18.6. The lowest BCUT2D eigenvalue weighted by Gasteiger charge is -2.23. The highest BCUT2D eigenvalue weighted by Gasteiger charge is 2.27. The number of nitrogens with zero attached hydrogens (tertiary/aromatic N) is 2. The molecule has 0 aliphatic carbocycles. The summed E-state index contributed by atoms with van der Waals surface area (Å²) in [7, 11) is -2.23. The second-order valence-corrected chi connectivity index (χ2v) is 8.62. The van der Waals surface area contributed by atoms with Gasteiger partial charge in [-0.1, -0.05) is 24.3 Å². The Kier molecular flexibility index (Phi) is 6.03. The van der Waals surface area contributed by atoms with Crippen LogP contribution in [0.15, 0.2) is 71.2 Å². The highest BCUT2D eigenvalue weighted by atomic mass is 32.2. The van der Waals surface area contributed by atoms with Gasteiger partial charge in [-0.15, -0.1) is 11.3 Å². The van der Waals surface area contributed by atoms with Crippen LogP contribution in [0.25, 0.3) is 0 Å². The van der Waals surface area contributed by atoms with Crippen molar-refractivity contribution in [2.45, 2.75) is 17.9 Å². The summed E-state index contributed by atoms with van der Waals surface area (Å²) < 4.78 is 33.4. The van der Waals surface area contributed by atoms with Crippen molar-refractivity contribution in [3.63, 3.8) is 0 Å². The maximum atomic E-state index is 13.3. The van der Waals surface area contributed by atoms with E-state index in [9.17, 15) is 8.42 Å². The Morgan fingerprint density at radius 3 is 2.65 bits per heavy atom. The number of benzene rings is 1. The summed E-state index contributed by atoms with van der Waals surface area (Å²) in [6.45, 7) is 0.648. The van der Waals surface area contributed by atoms with Gasteiger partial charge in [0.15, 0.2) is 0 Å². The molecule has 0 aliphatic rings. The highest BCUT2D eigenvalue weighted by molar-refractivity contribution is 7.89. The lowest BCUT2D eigenvalue weighted by atomic mass is 10.3. The number of ether oxygens (including phenoxy) is 1. The summed E-state index contributed by atoms with van der Waals surface area (Å²) in [6.07, 6.45) is 4.02. The third kappa shape index (κ3) is 4.30. The van der Waals surface area contributed by atoms with E-state index in [-0.39, 0.29) is 11.4 Å². The molecule has 0 unspecified atom stereocenters. The number of methoxy groups -OCH3 is 1. The van der Waals surface area contributed by atoms with Gasteiger partial charge in [-0.3, -0.25) is 4.98 Å². The van der Waals surface area contributed by atoms with Crippen LogP contribution in [-0.2, 0) is 23.0 Å². The molecule has 0 bridgehead atoms. The van der Waals surface area contributed by atoms with Gasteiger partial charge < -0.3 is 4.74 Å². The lowest BCUT2D eigenvalue weighted by molar-refractivity contribution is 0.387. The van der Waals surface area contributed by atoms with E-state index in [0.717, 1.165) is 10.4 Å². The molecule has 0 amide bonds. The Bertz CT molecular complexity index is 926. The maximum absolute atomic E-state index is 13.3. The molecule has 0 fully saturated rings. The van der Waals surface area contributed by atoms with Gasteiger partial charge >= 0.3 is 0 Å². The zero-order chi connectivity index (χ0) is 18.4. The largest absolute Gasteiger partial charge is 0.495 e. The summed E-state index contributed by atoms with van der Waals surface area (Å²) in [5.74, 6) is 0.347. The second kappa shape index (κ2) is 8.44. The third-order valence-corrected chi connectivity index (χ3v) is 6.78. The van der Waals surface area contributed by atoms with Gasteiger partial charge in [-0.05, 0) is 41.6 Å². The number of hydrogen-bond acceptors (Lipinski definition) is 5. The van der Waals surface area contributed by atoms with E-state index < -0.39 is 10.0 Å². The van der Waals surface area contributed by atoms with Crippen molar-refractivity contribution >= 4 is 21.4 Å². The number of hydrogen-bond donors (Lipinski definition) is 0. The Balaban J connectivity index is 1.92. The van der Waals surface area contributed by atoms with Gasteiger partial charge in [-0.25, -0.2) is 8.42 Å². The number of pyridine rings is 1. The van der Waals surface area contributed by atoms with Crippen molar-refractivity contribution in [2.75, 3.05) is 13.7 Å². The molecule has 0 aliphatic heterocycles. The fourth-order valence-electron chi connectivity index (χ4n) is 2.64. The van der Waals surface area contributed by atoms with Crippen LogP contribution >= 0.6 is 11.3 Å². The van der Waals surface area contributed by atoms with Crippen molar-refractivity contribution in [3.8, 4) is 5.75 Å². The Morgan fingerprint density at radius 1 is 1.12 bits per heavy atom. The van der Waals surface area contributed by atoms with Crippen LogP contribution in [0.3, 0.4) is 0 Å². The summed E-state index contributed by atoms with van der Waals surface area (Å²) >= 11 is 1.63. The van der Waals surface area contributed by atoms with Gasteiger partial charge in [0.1, 0.15) is 10.6 Å². The maximum Gasteiger partial charge on any atom is 0.247 e. The average molecular weight is 389 g/mol. The van der Waals surface area contributed by atoms with Gasteiger partial charge in [0.25, 0.3) is 0 Å². The van der Waals surface area contributed by atoms with Gasteiger partial charge in [0.05, 0.1) is 7.11 Å². The molecule has 2 heterocycles. The van der Waals surface area contributed by atoms with Crippen LogP contribution in [-0.4, -0.2) is 31.4 Å². The number of para-hydroxylation sites is 1. The molecule has 0 saturated heterocycles. The first-order valence-corrected chi connectivity index (χ1v) is 10.5. The van der Waals surface area contributed by atoms with Crippen LogP contribution in [0.5, 0.6) is 5.75 Å². The number of thiophene rings is 1. The van der Waals surface area contributed by atoms with Crippen LogP contribution in [0, 0.1) is 0 Å². The molecule has 5 nitrogen and oxygen atoms in total. The summed E-state index contributed by atoms with van der Waals surface area (Å²) in [5, 5.41) is 2.00. The van der Waals surface area contributed by atoms with E-state index in [0.29, 0.717) is 18.7 Å². The number of sulfonamides is 1. The minimum Gasteiger partial charge on any atom is -0.495 e. The van der Waals surface area contributed by atoms with Crippen molar-refractivity contribution < 1.29 is 13.2 Å². The molecule has 0 radical (unpaired) electrons. The van der Waals surface area contributed by atoms with E-state index in [1.54, 1.807) is 48.0 Å². The molecule has 1 aromatic carbocycles. The highest BCUT2D eigenvalue weighted by Crippen LogP contribution is 2.27. The standard InChI is InChI=1S/C19H20N2O3S2/c1-24-18-8-2-3-9-19(18)26(22,23)21(12-10-17-7-5-13-25-17)15-16-6-4-11-20-14-16/h2-9,11,13-14H,10,12,15H2,1H3. The van der Waals surface area contributed by atoms with Crippen molar-refractivity contribution in [2.24, 2.45) is 0 Å². The first-order valence-electron chi connectivity index (χ1n) is 8.15. The molecule has 3 aromatic rings. The van der Waals surface area contributed by atoms with Gasteiger partial charge in [0.2, 0.25) is 10.0 Å². The zero-order valence-corrected chi connectivity index (χ0v) is 16.0. The molecule has 26 heavy (non-hydrogen) atoms. The van der Waals surface area contributed by atoms with E-state index in [1.165, 1.54) is 11.4 Å². The second-order valence-electron chi connectivity index (χ2n) is 5.68. The summed E-state index contributed by atoms with van der Waals surface area (Å²) in [5.41, 5.74) is 0.845. The molecule has 0 spiro atoms. The van der Waals surface area contributed by atoms with E-state index in [2.05, 4.69) is 4.98 Å². The SMILES string of the molecule is COc1ccccc1S(=O)(=O)N(CCc1cccs1)Cc1cccnc1.